The van der Waals surface area contributed by atoms with Crippen LogP contribution in [0.5, 0.6) is 0 Å². The number of carbonyl (C=O) groups is 1. The Bertz CT molecular complexity index is 395. The second-order valence-corrected chi connectivity index (χ2v) is 2.35. The molecule has 0 aromatic heterocycles. The predicted molar refractivity (Wildman–Crippen MR) is 40.0 cm³/mol. The van der Waals surface area contributed by atoms with Gasteiger partial charge in [-0.1, -0.05) is 0 Å². The van der Waals surface area contributed by atoms with Crippen LogP contribution in [0.25, 0.3) is 0 Å². The van der Waals surface area contributed by atoms with E-state index < -0.39 is 33.8 Å². The van der Waals surface area contributed by atoms with Crippen LogP contribution in [0.3, 0.4) is 0 Å². The van der Waals surface area contributed by atoms with Crippen LogP contribution in [0.2, 0.25) is 0 Å². The van der Waals surface area contributed by atoms with Crippen LogP contribution in [-0.2, 0) is 0 Å². The Hall–Kier alpha value is -2.05. The van der Waals surface area contributed by atoms with Crippen LogP contribution in [-0.4, -0.2) is 16.0 Å². The highest BCUT2D eigenvalue weighted by atomic mass is 19.1. The van der Waals surface area contributed by atoms with Crippen LogP contribution >= 0.6 is 0 Å². The van der Waals surface area contributed by atoms with Crippen molar-refractivity contribution in [3.05, 3.63) is 39.4 Å². The van der Waals surface area contributed by atoms with Crippen molar-refractivity contribution in [1.29, 1.82) is 0 Å². The Kier molecular flexibility index (Phi) is 2.41. The third kappa shape index (κ3) is 1.65. The molecule has 1 rings (SSSR count). The minimum absolute atomic E-state index is 0.392. The second-order valence-electron chi connectivity index (χ2n) is 2.35. The molecule has 0 fully saturated rings. The summed E-state index contributed by atoms with van der Waals surface area (Å²) in [6, 6.07) is 0.785. The third-order valence-corrected chi connectivity index (χ3v) is 1.45. The molecule has 0 aliphatic heterocycles. The van der Waals surface area contributed by atoms with E-state index in [0.717, 1.165) is 0 Å². The molecule has 0 amide bonds. The van der Waals surface area contributed by atoms with Crippen LogP contribution in [0.4, 0.5) is 14.5 Å². The lowest BCUT2D eigenvalue weighted by Crippen LogP contribution is -2.02. The maximum atomic E-state index is 12.8. The van der Waals surface area contributed by atoms with Gasteiger partial charge in [0, 0.05) is 0 Å². The topological polar surface area (TPSA) is 80.4 Å². The Balaban J connectivity index is 3.39. The Labute approximate surface area is 75.7 Å². The average molecular weight is 203 g/mol. The first-order valence-electron chi connectivity index (χ1n) is 3.30. The van der Waals surface area contributed by atoms with Gasteiger partial charge in [0.25, 0.3) is 0 Å². The van der Waals surface area contributed by atoms with E-state index in [1.165, 1.54) is 0 Å². The first-order valence-corrected chi connectivity index (χ1v) is 3.30. The molecule has 1 aromatic rings. The third-order valence-electron chi connectivity index (χ3n) is 1.45. The average Bonchev–Trinajstić information content (AvgIpc) is 2.01. The molecule has 0 aliphatic rings. The molecular weight excluding hydrogens is 200 g/mol. The number of hydrogen-bond donors (Lipinski definition) is 1. The summed E-state index contributed by atoms with van der Waals surface area (Å²) in [5, 5.41) is 18.5. The molecule has 74 valence electrons. The quantitative estimate of drug-likeness (QED) is 0.584. The molecule has 0 saturated heterocycles. The number of nitro benzene ring substituents is 1. The maximum Gasteiger partial charge on any atom is 0.340 e. The van der Waals surface area contributed by atoms with Crippen molar-refractivity contribution < 1.29 is 23.6 Å². The predicted octanol–water partition coefficient (Wildman–Crippen LogP) is 1.57. The molecule has 0 unspecified atom stereocenters. The highest BCUT2D eigenvalue weighted by molar-refractivity contribution is 5.87. The highest BCUT2D eigenvalue weighted by Crippen LogP contribution is 2.22. The number of nitrogens with zero attached hydrogens (tertiary/aromatic N) is 1. The molecular formula is C7H3F2NO4. The summed E-state index contributed by atoms with van der Waals surface area (Å²) in [6.45, 7) is 0. The summed E-state index contributed by atoms with van der Waals surface area (Å²) >= 11 is 0. The van der Waals surface area contributed by atoms with Crippen molar-refractivity contribution in [2.75, 3.05) is 0 Å². The van der Waals surface area contributed by atoms with E-state index in [1.807, 2.05) is 0 Å². The van der Waals surface area contributed by atoms with Gasteiger partial charge in [-0.15, -0.1) is 0 Å². The van der Waals surface area contributed by atoms with E-state index in [1.54, 1.807) is 0 Å². The van der Waals surface area contributed by atoms with Crippen LogP contribution in [0, 0.1) is 21.7 Å². The molecule has 0 atom stereocenters. The highest BCUT2D eigenvalue weighted by Gasteiger charge is 2.23. The van der Waals surface area contributed by atoms with Crippen molar-refractivity contribution in [1.82, 2.24) is 0 Å². The largest absolute Gasteiger partial charge is 0.478 e. The standard InChI is InChI=1S/C7H3F2NO4/c8-4-1-3(7(11)12)2-5(9)6(4)10(13)14/h1-2H,(H,11,12). The van der Waals surface area contributed by atoms with Crippen molar-refractivity contribution in [3.8, 4) is 0 Å². The fourth-order valence-electron chi connectivity index (χ4n) is 0.863. The van der Waals surface area contributed by atoms with Crippen molar-refractivity contribution in [3.63, 3.8) is 0 Å². The number of carboxylic acid groups (broad SMARTS) is 1. The SMILES string of the molecule is O=C(O)c1cc(F)c([N+](=O)[O-])c(F)c1. The smallest absolute Gasteiger partial charge is 0.340 e. The fourth-order valence-corrected chi connectivity index (χ4v) is 0.863. The summed E-state index contributed by atoms with van der Waals surface area (Å²) in [7, 11) is 0. The lowest BCUT2D eigenvalue weighted by atomic mass is 10.2. The van der Waals surface area contributed by atoms with Crippen molar-refractivity contribution >= 4 is 11.7 Å². The molecule has 1 N–H and O–H groups in total. The molecule has 0 radical (unpaired) electrons. The zero-order chi connectivity index (χ0) is 10.9. The first-order chi connectivity index (χ1) is 6.43. The van der Waals surface area contributed by atoms with E-state index in [4.69, 9.17) is 5.11 Å². The van der Waals surface area contributed by atoms with Gasteiger partial charge >= 0.3 is 11.7 Å². The molecule has 7 heteroatoms. The normalized spacial score (nSPS) is 9.86. The maximum absolute atomic E-state index is 12.8. The first kappa shape index (κ1) is 10.0. The summed E-state index contributed by atoms with van der Waals surface area (Å²) in [4.78, 5) is 19.1. The zero-order valence-electron chi connectivity index (χ0n) is 6.53. The lowest BCUT2D eigenvalue weighted by molar-refractivity contribution is -0.390. The molecule has 14 heavy (non-hydrogen) atoms. The second kappa shape index (κ2) is 3.36. The van der Waals surface area contributed by atoms with Gasteiger partial charge in [0.15, 0.2) is 0 Å². The van der Waals surface area contributed by atoms with Gasteiger partial charge in [0.05, 0.1) is 10.5 Å². The van der Waals surface area contributed by atoms with Gasteiger partial charge in [-0.05, 0) is 12.1 Å². The van der Waals surface area contributed by atoms with E-state index in [-0.39, 0.29) is 0 Å². The van der Waals surface area contributed by atoms with Crippen molar-refractivity contribution in [2.24, 2.45) is 0 Å². The fraction of sp³-hybridized carbons (Fsp3) is 0. The number of carboxylic acids is 1. The Morgan fingerprint density at radius 3 is 2.07 bits per heavy atom. The van der Waals surface area contributed by atoms with E-state index >= 15 is 0 Å². The number of nitro groups is 1. The summed E-state index contributed by atoms with van der Waals surface area (Å²) in [6.07, 6.45) is 0. The van der Waals surface area contributed by atoms with Crippen LogP contribution in [0.1, 0.15) is 10.4 Å². The minimum atomic E-state index is -1.56. The van der Waals surface area contributed by atoms with E-state index in [0.29, 0.717) is 12.1 Å². The lowest BCUT2D eigenvalue weighted by Gasteiger charge is -1.97. The van der Waals surface area contributed by atoms with Gasteiger partial charge in [-0.2, -0.15) is 8.78 Å². The number of rotatable bonds is 2. The summed E-state index contributed by atoms with van der Waals surface area (Å²) in [5.41, 5.74) is -2.03. The Morgan fingerprint density at radius 1 is 1.36 bits per heavy atom. The van der Waals surface area contributed by atoms with Crippen LogP contribution in [0.15, 0.2) is 12.1 Å². The molecule has 5 nitrogen and oxygen atoms in total. The van der Waals surface area contributed by atoms with Gasteiger partial charge in [0.2, 0.25) is 11.6 Å². The molecule has 0 heterocycles. The molecule has 0 aliphatic carbocycles. The monoisotopic (exact) mass is 203 g/mol. The number of benzene rings is 1. The van der Waals surface area contributed by atoms with Gasteiger partial charge < -0.3 is 5.11 Å². The van der Waals surface area contributed by atoms with Crippen molar-refractivity contribution in [2.45, 2.75) is 0 Å². The molecule has 0 bridgehead atoms. The zero-order valence-corrected chi connectivity index (χ0v) is 6.53. The number of hydrogen-bond acceptors (Lipinski definition) is 3. The van der Waals surface area contributed by atoms with Gasteiger partial charge in [0.1, 0.15) is 0 Å². The van der Waals surface area contributed by atoms with E-state index in [9.17, 15) is 23.7 Å². The van der Waals surface area contributed by atoms with Crippen LogP contribution < -0.4 is 0 Å². The summed E-state index contributed by atoms with van der Waals surface area (Å²) < 4.78 is 25.6. The Morgan fingerprint density at radius 2 is 1.79 bits per heavy atom. The minimum Gasteiger partial charge on any atom is -0.478 e. The number of halogens is 2. The molecule has 0 spiro atoms. The summed E-state index contributed by atoms with van der Waals surface area (Å²) in [5.74, 6) is -4.57. The van der Waals surface area contributed by atoms with Gasteiger partial charge in [-0.3, -0.25) is 10.1 Å². The van der Waals surface area contributed by atoms with E-state index in [2.05, 4.69) is 0 Å². The molecule has 0 saturated carbocycles. The molecule has 1 aromatic carbocycles. The van der Waals surface area contributed by atoms with Gasteiger partial charge in [-0.25, -0.2) is 4.79 Å². The number of aromatic carboxylic acids is 1.